The van der Waals surface area contributed by atoms with Crippen LogP contribution in [0.4, 0.5) is 22.0 Å². The van der Waals surface area contributed by atoms with Crippen LogP contribution in [-0.2, 0) is 29.3 Å². The molecule has 3 aromatic rings. The Hall–Kier alpha value is -2.72. The number of hydrogen-bond donors (Lipinski definition) is 0. The molecular formula is C19H14F5NO3S. The van der Waals surface area contributed by atoms with Crippen LogP contribution in [0, 0.1) is 11.6 Å². The van der Waals surface area contributed by atoms with Gasteiger partial charge in [0.2, 0.25) is 10.0 Å². The minimum absolute atomic E-state index is 0.117. The number of furan rings is 1. The van der Waals surface area contributed by atoms with E-state index in [4.69, 9.17) is 4.42 Å². The average molecular weight is 431 g/mol. The van der Waals surface area contributed by atoms with E-state index in [-0.39, 0.29) is 17.9 Å². The number of sulfonamides is 1. The van der Waals surface area contributed by atoms with Gasteiger partial charge >= 0.3 is 6.18 Å². The van der Waals surface area contributed by atoms with Crippen molar-refractivity contribution in [3.63, 3.8) is 0 Å². The summed E-state index contributed by atoms with van der Waals surface area (Å²) in [6.45, 7) is -0.721. The van der Waals surface area contributed by atoms with Gasteiger partial charge in [-0.3, -0.25) is 0 Å². The maximum atomic E-state index is 13.5. The molecule has 1 heterocycles. The Morgan fingerprint density at radius 1 is 0.897 bits per heavy atom. The molecule has 29 heavy (non-hydrogen) atoms. The zero-order valence-electron chi connectivity index (χ0n) is 14.7. The third-order valence-electron chi connectivity index (χ3n) is 4.05. The van der Waals surface area contributed by atoms with Crippen molar-refractivity contribution in [1.82, 2.24) is 4.31 Å². The Morgan fingerprint density at radius 3 is 2.28 bits per heavy atom. The summed E-state index contributed by atoms with van der Waals surface area (Å²) in [7, 11) is -4.42. The maximum absolute atomic E-state index is 13.5. The molecule has 1 aromatic heterocycles. The van der Waals surface area contributed by atoms with Gasteiger partial charge in [-0.05, 0) is 48.0 Å². The smallest absolute Gasteiger partial charge is 0.416 e. The van der Waals surface area contributed by atoms with Gasteiger partial charge < -0.3 is 4.42 Å². The van der Waals surface area contributed by atoms with Gasteiger partial charge in [0.05, 0.1) is 23.3 Å². The second-order valence-electron chi connectivity index (χ2n) is 6.13. The van der Waals surface area contributed by atoms with Gasteiger partial charge in [0.25, 0.3) is 0 Å². The number of benzene rings is 2. The molecule has 0 radical (unpaired) electrons. The van der Waals surface area contributed by atoms with Crippen LogP contribution in [0.15, 0.2) is 70.2 Å². The molecule has 0 aliphatic carbocycles. The molecule has 154 valence electrons. The fourth-order valence-corrected chi connectivity index (χ4v) is 4.07. The van der Waals surface area contributed by atoms with Crippen molar-refractivity contribution in [1.29, 1.82) is 0 Å². The molecule has 4 nitrogen and oxygen atoms in total. The van der Waals surface area contributed by atoms with Crippen LogP contribution in [0.25, 0.3) is 0 Å². The Labute approximate surface area is 163 Å². The first-order chi connectivity index (χ1) is 13.6. The van der Waals surface area contributed by atoms with Crippen LogP contribution in [0.3, 0.4) is 0 Å². The SMILES string of the molecule is O=S(=O)(c1cccc(C(F)(F)F)c1)N(Cc1ccc(F)c(F)c1)Cc1ccco1. The Morgan fingerprint density at radius 2 is 1.66 bits per heavy atom. The van der Waals surface area contributed by atoms with Gasteiger partial charge in [0, 0.05) is 6.54 Å². The monoisotopic (exact) mass is 431 g/mol. The molecule has 0 N–H and O–H groups in total. The highest BCUT2D eigenvalue weighted by atomic mass is 32.2. The summed E-state index contributed by atoms with van der Waals surface area (Å²) in [4.78, 5) is -0.582. The highest BCUT2D eigenvalue weighted by Crippen LogP contribution is 2.31. The summed E-state index contributed by atoms with van der Waals surface area (Å²) < 4.78 is 97.7. The summed E-state index contributed by atoms with van der Waals surface area (Å²) in [5.41, 5.74) is -1.00. The van der Waals surface area contributed by atoms with Crippen molar-refractivity contribution < 1.29 is 34.8 Å². The van der Waals surface area contributed by atoms with Gasteiger partial charge in [-0.2, -0.15) is 17.5 Å². The van der Waals surface area contributed by atoms with Crippen molar-refractivity contribution >= 4 is 10.0 Å². The van der Waals surface area contributed by atoms with E-state index >= 15 is 0 Å². The summed E-state index contributed by atoms with van der Waals surface area (Å²) in [6.07, 6.45) is -3.42. The Balaban J connectivity index is 2.01. The Kier molecular flexibility index (Phi) is 5.76. The standard InChI is InChI=1S/C19H14F5NO3S/c20-17-7-6-13(9-18(17)21)11-25(12-15-4-2-8-28-15)29(26,27)16-5-1-3-14(10-16)19(22,23)24/h1-10H,11-12H2. The van der Waals surface area contributed by atoms with Gasteiger partial charge in [0.1, 0.15) is 5.76 Å². The van der Waals surface area contributed by atoms with Crippen LogP contribution in [0.1, 0.15) is 16.9 Å². The van der Waals surface area contributed by atoms with Crippen LogP contribution < -0.4 is 0 Å². The van der Waals surface area contributed by atoms with Crippen LogP contribution in [0.5, 0.6) is 0 Å². The van der Waals surface area contributed by atoms with E-state index in [0.29, 0.717) is 6.07 Å². The lowest BCUT2D eigenvalue weighted by atomic mass is 10.2. The van der Waals surface area contributed by atoms with E-state index in [1.165, 1.54) is 24.5 Å². The highest BCUT2D eigenvalue weighted by Gasteiger charge is 2.33. The van der Waals surface area contributed by atoms with Crippen molar-refractivity contribution in [3.05, 3.63) is 89.4 Å². The summed E-state index contributed by atoms with van der Waals surface area (Å²) in [5.74, 6) is -2.05. The number of rotatable bonds is 6. The molecule has 0 saturated carbocycles. The molecule has 0 amide bonds. The number of hydrogen-bond acceptors (Lipinski definition) is 3. The second kappa shape index (κ2) is 7.96. The first kappa shape index (κ1) is 21.0. The minimum atomic E-state index is -4.72. The lowest BCUT2D eigenvalue weighted by molar-refractivity contribution is -0.137. The zero-order chi connectivity index (χ0) is 21.2. The fourth-order valence-electron chi connectivity index (χ4n) is 2.63. The van der Waals surface area contributed by atoms with Gasteiger partial charge in [-0.25, -0.2) is 17.2 Å². The first-order valence-electron chi connectivity index (χ1n) is 8.21. The molecule has 2 aromatic carbocycles. The predicted octanol–water partition coefficient (Wildman–Crippen LogP) is 4.97. The van der Waals surface area contributed by atoms with Crippen LogP contribution >= 0.6 is 0 Å². The number of alkyl halides is 3. The van der Waals surface area contributed by atoms with Crippen LogP contribution in [-0.4, -0.2) is 12.7 Å². The fraction of sp³-hybridized carbons (Fsp3) is 0.158. The lowest BCUT2D eigenvalue weighted by Crippen LogP contribution is -2.30. The van der Waals surface area contributed by atoms with E-state index in [0.717, 1.165) is 34.6 Å². The third-order valence-corrected chi connectivity index (χ3v) is 5.84. The average Bonchev–Trinajstić information content (AvgIpc) is 3.17. The third kappa shape index (κ3) is 4.83. The van der Waals surface area contributed by atoms with E-state index < -0.39 is 44.8 Å². The molecule has 3 rings (SSSR count). The summed E-state index contributed by atoms with van der Waals surface area (Å²) in [5, 5.41) is 0. The van der Waals surface area contributed by atoms with Crippen molar-refractivity contribution in [2.45, 2.75) is 24.2 Å². The van der Waals surface area contributed by atoms with E-state index in [1.807, 2.05) is 0 Å². The van der Waals surface area contributed by atoms with Gasteiger partial charge in [-0.1, -0.05) is 12.1 Å². The number of halogens is 5. The Bertz CT molecular complexity index is 1100. The van der Waals surface area contributed by atoms with E-state index in [9.17, 15) is 30.4 Å². The van der Waals surface area contributed by atoms with Crippen molar-refractivity contribution in [2.24, 2.45) is 0 Å². The summed E-state index contributed by atoms with van der Waals surface area (Å²) in [6, 6.07) is 9.15. The van der Waals surface area contributed by atoms with E-state index in [1.54, 1.807) is 0 Å². The molecule has 0 fully saturated rings. The molecule has 0 aliphatic rings. The highest BCUT2D eigenvalue weighted by molar-refractivity contribution is 7.89. The largest absolute Gasteiger partial charge is 0.468 e. The van der Waals surface area contributed by atoms with Crippen molar-refractivity contribution in [3.8, 4) is 0 Å². The molecule has 10 heteroatoms. The second-order valence-corrected chi connectivity index (χ2v) is 8.06. The molecular weight excluding hydrogens is 417 g/mol. The number of nitrogens with zero attached hydrogens (tertiary/aromatic N) is 1. The normalized spacial score (nSPS) is 12.5. The lowest BCUT2D eigenvalue weighted by Gasteiger charge is -2.22. The molecule has 0 bridgehead atoms. The quantitative estimate of drug-likeness (QED) is 0.518. The summed E-state index contributed by atoms with van der Waals surface area (Å²) >= 11 is 0. The van der Waals surface area contributed by atoms with Gasteiger partial charge in [-0.15, -0.1) is 0 Å². The maximum Gasteiger partial charge on any atom is 0.416 e. The molecule has 0 aliphatic heterocycles. The van der Waals surface area contributed by atoms with Crippen LogP contribution in [0.2, 0.25) is 0 Å². The van der Waals surface area contributed by atoms with E-state index in [2.05, 4.69) is 0 Å². The zero-order valence-corrected chi connectivity index (χ0v) is 15.5. The van der Waals surface area contributed by atoms with Crippen molar-refractivity contribution in [2.75, 3.05) is 0 Å². The minimum Gasteiger partial charge on any atom is -0.468 e. The topological polar surface area (TPSA) is 50.5 Å². The molecule has 0 saturated heterocycles. The van der Waals surface area contributed by atoms with Gasteiger partial charge in [0.15, 0.2) is 11.6 Å². The molecule has 0 unspecified atom stereocenters. The predicted molar refractivity (Wildman–Crippen MR) is 92.9 cm³/mol. The molecule has 0 atom stereocenters. The first-order valence-corrected chi connectivity index (χ1v) is 9.65. The molecule has 0 spiro atoms.